The predicted molar refractivity (Wildman–Crippen MR) is 166 cm³/mol. The number of halogens is 1. The van der Waals surface area contributed by atoms with E-state index in [9.17, 15) is 0 Å². The SMILES string of the molecule is CCN1C(=C=CC2C[N+](C)(C)CC(/C=C/C3=[N+](CC)c4ccccc4C3(C)C)=C2Cl)C(C)(C)c2ccccc21. The number of nitrogens with zero attached hydrogens (tertiary/aromatic N) is 3. The molecular formula is C35H44ClN3+2. The molecular weight excluding hydrogens is 498 g/mol. The van der Waals surface area contributed by atoms with Crippen molar-refractivity contribution in [2.75, 3.05) is 45.2 Å². The highest BCUT2D eigenvalue weighted by molar-refractivity contribution is 6.30. The molecule has 0 saturated heterocycles. The van der Waals surface area contributed by atoms with Crippen molar-refractivity contribution < 1.29 is 9.06 Å². The van der Waals surface area contributed by atoms with Crippen molar-refractivity contribution in [1.82, 2.24) is 0 Å². The van der Waals surface area contributed by atoms with Crippen LogP contribution in [0.25, 0.3) is 0 Å². The van der Waals surface area contributed by atoms with Gasteiger partial charge in [-0.05, 0) is 65.3 Å². The standard InChI is InChI=1S/C35H44ClN3/c1-9-37-29-17-13-11-15-27(29)34(3,4)31(37)21-19-25-23-39(7,8)24-26(33(25)36)20-22-32-35(5,6)28-16-12-14-18-30(28)38(32)10-2/h11-21,26H,9-10,23-24H2,1-8H3/q+2/b21-19+. The Morgan fingerprint density at radius 3 is 2.33 bits per heavy atom. The Hall–Kier alpha value is -2.84. The molecule has 0 saturated carbocycles. The van der Waals surface area contributed by atoms with Crippen LogP contribution in [-0.4, -0.2) is 55.0 Å². The van der Waals surface area contributed by atoms with Crippen molar-refractivity contribution in [3.05, 3.63) is 99.9 Å². The fourth-order valence-corrected chi connectivity index (χ4v) is 7.22. The number of hydrogen-bond donors (Lipinski definition) is 0. The quantitative estimate of drug-likeness (QED) is 0.213. The second-order valence-corrected chi connectivity index (χ2v) is 13.3. The molecule has 0 aromatic heterocycles. The van der Waals surface area contributed by atoms with Crippen molar-refractivity contribution in [3.63, 3.8) is 0 Å². The van der Waals surface area contributed by atoms with Crippen molar-refractivity contribution in [1.29, 1.82) is 0 Å². The molecule has 0 fully saturated rings. The zero-order valence-electron chi connectivity index (χ0n) is 25.0. The molecule has 204 valence electrons. The molecule has 0 radical (unpaired) electrons. The number of anilines is 1. The largest absolute Gasteiger partial charge is 0.338 e. The van der Waals surface area contributed by atoms with Crippen molar-refractivity contribution >= 4 is 28.7 Å². The molecule has 0 amide bonds. The van der Waals surface area contributed by atoms with E-state index in [0.717, 1.165) is 35.7 Å². The number of likely N-dealkylation sites (N-methyl/N-ethyl adjacent to an activating group) is 2. The first-order valence-corrected chi connectivity index (χ1v) is 14.8. The van der Waals surface area contributed by atoms with Gasteiger partial charge in [0.25, 0.3) is 0 Å². The molecule has 3 nitrogen and oxygen atoms in total. The number of fused-ring (bicyclic) bond motifs is 2. The lowest BCUT2D eigenvalue weighted by Crippen LogP contribution is -2.47. The minimum atomic E-state index is -0.0929. The lowest BCUT2D eigenvalue weighted by molar-refractivity contribution is -0.889. The van der Waals surface area contributed by atoms with Gasteiger partial charge >= 0.3 is 0 Å². The smallest absolute Gasteiger partial charge is 0.209 e. The van der Waals surface area contributed by atoms with E-state index in [-0.39, 0.29) is 16.7 Å². The van der Waals surface area contributed by atoms with E-state index in [1.165, 1.54) is 39.5 Å². The van der Waals surface area contributed by atoms with Crippen molar-refractivity contribution in [2.45, 2.75) is 52.4 Å². The number of para-hydroxylation sites is 2. The summed E-state index contributed by atoms with van der Waals surface area (Å²) in [5.41, 5.74) is 12.8. The van der Waals surface area contributed by atoms with E-state index in [2.05, 4.69) is 138 Å². The van der Waals surface area contributed by atoms with Crippen LogP contribution >= 0.6 is 11.6 Å². The first-order chi connectivity index (χ1) is 18.4. The van der Waals surface area contributed by atoms with Crippen LogP contribution in [0.3, 0.4) is 0 Å². The van der Waals surface area contributed by atoms with E-state index in [4.69, 9.17) is 11.6 Å². The number of allylic oxidation sites excluding steroid dienone is 1. The first kappa shape index (κ1) is 27.7. The maximum Gasteiger partial charge on any atom is 0.209 e. The molecule has 3 aliphatic rings. The lowest BCUT2D eigenvalue weighted by Gasteiger charge is -2.37. The van der Waals surface area contributed by atoms with Crippen LogP contribution < -0.4 is 4.90 Å². The Labute approximate surface area is 240 Å². The van der Waals surface area contributed by atoms with Crippen LogP contribution in [0.2, 0.25) is 0 Å². The van der Waals surface area contributed by atoms with E-state index >= 15 is 0 Å². The Bertz CT molecular complexity index is 1460. The summed E-state index contributed by atoms with van der Waals surface area (Å²) in [6, 6.07) is 17.5. The van der Waals surface area contributed by atoms with Gasteiger partial charge in [-0.2, -0.15) is 4.58 Å². The second kappa shape index (κ2) is 9.97. The van der Waals surface area contributed by atoms with Crippen molar-refractivity contribution in [2.24, 2.45) is 5.92 Å². The predicted octanol–water partition coefficient (Wildman–Crippen LogP) is 7.69. The van der Waals surface area contributed by atoms with Gasteiger partial charge in [0.1, 0.15) is 13.1 Å². The molecule has 4 heteroatoms. The average molecular weight is 542 g/mol. The molecule has 0 spiro atoms. The van der Waals surface area contributed by atoms with Gasteiger partial charge in [-0.25, -0.2) is 0 Å². The summed E-state index contributed by atoms with van der Waals surface area (Å²) in [4.78, 5) is 2.41. The molecule has 0 N–H and O–H groups in total. The highest BCUT2D eigenvalue weighted by Gasteiger charge is 2.44. The Balaban J connectivity index is 1.54. The molecule has 1 unspecified atom stereocenters. The fourth-order valence-electron chi connectivity index (χ4n) is 6.96. The monoisotopic (exact) mass is 541 g/mol. The van der Waals surface area contributed by atoms with E-state index in [1.807, 2.05) is 0 Å². The summed E-state index contributed by atoms with van der Waals surface area (Å²) in [5.74, 6) is 0.127. The molecule has 5 rings (SSSR count). The zero-order chi connectivity index (χ0) is 28.2. The van der Waals surface area contributed by atoms with E-state index in [0.29, 0.717) is 0 Å². The molecule has 3 heterocycles. The van der Waals surface area contributed by atoms with Crippen LogP contribution in [-0.2, 0) is 10.8 Å². The van der Waals surface area contributed by atoms with Gasteiger partial charge in [-0.1, -0.05) is 48.0 Å². The number of rotatable bonds is 5. The number of hydrogen-bond acceptors (Lipinski definition) is 1. The summed E-state index contributed by atoms with van der Waals surface area (Å²) in [5, 5.41) is 0.949. The number of quaternary nitrogens is 1. The highest BCUT2D eigenvalue weighted by Crippen LogP contribution is 2.47. The minimum Gasteiger partial charge on any atom is -0.338 e. The molecule has 0 bridgehead atoms. The first-order valence-electron chi connectivity index (χ1n) is 14.4. The topological polar surface area (TPSA) is 6.25 Å². The van der Waals surface area contributed by atoms with Gasteiger partial charge < -0.3 is 9.38 Å². The maximum atomic E-state index is 7.21. The average Bonchev–Trinajstić information content (AvgIpc) is 3.26. The third-order valence-corrected chi connectivity index (χ3v) is 9.47. The number of benzene rings is 2. The van der Waals surface area contributed by atoms with Gasteiger partial charge in [0.15, 0.2) is 5.71 Å². The van der Waals surface area contributed by atoms with Gasteiger partial charge in [0.05, 0.1) is 37.7 Å². The van der Waals surface area contributed by atoms with Gasteiger partial charge in [-0.3, -0.25) is 0 Å². The second-order valence-electron chi connectivity index (χ2n) is 12.9. The Kier molecular flexibility index (Phi) is 7.08. The third-order valence-electron chi connectivity index (χ3n) is 8.95. The third kappa shape index (κ3) is 4.65. The Morgan fingerprint density at radius 1 is 0.974 bits per heavy atom. The molecule has 3 aliphatic heterocycles. The van der Waals surface area contributed by atoms with Crippen LogP contribution in [0.1, 0.15) is 52.7 Å². The summed E-state index contributed by atoms with van der Waals surface area (Å²) in [7, 11) is 4.61. The molecule has 2 aromatic carbocycles. The van der Waals surface area contributed by atoms with Crippen LogP contribution in [0.4, 0.5) is 11.4 Å². The van der Waals surface area contributed by atoms with Crippen LogP contribution in [0.5, 0.6) is 0 Å². The zero-order valence-corrected chi connectivity index (χ0v) is 25.7. The maximum absolute atomic E-state index is 7.21. The van der Waals surface area contributed by atoms with Gasteiger partial charge in [-0.15, -0.1) is 5.73 Å². The molecule has 1 atom stereocenters. The van der Waals surface area contributed by atoms with Crippen molar-refractivity contribution in [3.8, 4) is 0 Å². The van der Waals surface area contributed by atoms with Gasteiger partial charge in [0.2, 0.25) is 5.69 Å². The fraction of sp³-hybridized carbons (Fsp3) is 0.429. The molecule has 0 aliphatic carbocycles. The van der Waals surface area contributed by atoms with Crippen LogP contribution in [0.15, 0.2) is 88.8 Å². The summed E-state index contributed by atoms with van der Waals surface area (Å²) < 4.78 is 3.34. The normalized spacial score (nSPS) is 22.8. The summed E-state index contributed by atoms with van der Waals surface area (Å²) in [6.45, 7) is 17.5. The van der Waals surface area contributed by atoms with E-state index in [1.54, 1.807) is 0 Å². The highest BCUT2D eigenvalue weighted by atomic mass is 35.5. The molecule has 39 heavy (non-hydrogen) atoms. The summed E-state index contributed by atoms with van der Waals surface area (Å²) in [6.07, 6.45) is 6.85. The van der Waals surface area contributed by atoms with E-state index < -0.39 is 0 Å². The molecule has 2 aromatic rings. The minimum absolute atomic E-state index is 0.0500. The van der Waals surface area contributed by atoms with Gasteiger partial charge in [0, 0.05) is 46.0 Å². The van der Waals surface area contributed by atoms with Crippen LogP contribution in [0, 0.1) is 5.92 Å². The summed E-state index contributed by atoms with van der Waals surface area (Å²) >= 11 is 7.21. The lowest BCUT2D eigenvalue weighted by atomic mass is 9.81. The Morgan fingerprint density at radius 2 is 1.64 bits per heavy atom.